The second kappa shape index (κ2) is 9.10. The first-order valence-electron chi connectivity index (χ1n) is 8.88. The van der Waals surface area contributed by atoms with Crippen molar-refractivity contribution in [3.63, 3.8) is 0 Å². The number of ether oxygens (including phenoxy) is 1. The van der Waals surface area contributed by atoms with Crippen LogP contribution in [0.4, 0.5) is 8.78 Å². The number of benzene rings is 2. The number of nitrogens with two attached hydrogens (primary N) is 1. The number of halogens is 2. The Morgan fingerprint density at radius 2 is 1.77 bits per heavy atom. The summed E-state index contributed by atoms with van der Waals surface area (Å²) in [4.78, 5) is 0. The van der Waals surface area contributed by atoms with Crippen LogP contribution in [0.2, 0.25) is 0 Å². The van der Waals surface area contributed by atoms with Crippen molar-refractivity contribution >= 4 is 0 Å². The molecule has 0 bridgehead atoms. The van der Waals surface area contributed by atoms with Crippen molar-refractivity contribution in [2.75, 3.05) is 13.2 Å². The molecule has 0 saturated heterocycles. The number of hydrogen-bond donors (Lipinski definition) is 2. The van der Waals surface area contributed by atoms with Gasteiger partial charge < -0.3 is 15.8 Å². The minimum Gasteiger partial charge on any atom is -0.492 e. The van der Waals surface area contributed by atoms with E-state index < -0.39 is 11.6 Å². The molecule has 0 aliphatic heterocycles. The third-order valence-corrected chi connectivity index (χ3v) is 4.11. The van der Waals surface area contributed by atoms with Gasteiger partial charge in [-0.1, -0.05) is 45.0 Å². The number of rotatable bonds is 8. The predicted molar refractivity (Wildman–Crippen MR) is 101 cm³/mol. The van der Waals surface area contributed by atoms with Gasteiger partial charge >= 0.3 is 0 Å². The maximum Gasteiger partial charge on any atom is 0.129 e. The molecule has 5 heteroatoms. The first-order valence-corrected chi connectivity index (χ1v) is 8.88. The van der Waals surface area contributed by atoms with E-state index >= 15 is 0 Å². The van der Waals surface area contributed by atoms with Crippen molar-refractivity contribution in [3.05, 3.63) is 65.2 Å². The van der Waals surface area contributed by atoms with E-state index in [9.17, 15) is 8.78 Å². The van der Waals surface area contributed by atoms with Gasteiger partial charge in [-0.2, -0.15) is 0 Å². The molecule has 0 unspecified atom stereocenters. The molecule has 2 aromatic carbocycles. The first-order chi connectivity index (χ1) is 12.2. The van der Waals surface area contributed by atoms with Gasteiger partial charge in [-0.3, -0.25) is 0 Å². The molecule has 0 aliphatic rings. The Bertz CT molecular complexity index is 693. The lowest BCUT2D eigenvalue weighted by Gasteiger charge is -2.20. The average Bonchev–Trinajstić information content (AvgIpc) is 2.55. The van der Waals surface area contributed by atoms with Crippen LogP contribution in [-0.2, 0) is 12.0 Å². The summed E-state index contributed by atoms with van der Waals surface area (Å²) in [6.07, 6.45) is 0.705. The van der Waals surface area contributed by atoms with Crippen LogP contribution in [0.1, 0.15) is 38.3 Å². The highest BCUT2D eigenvalue weighted by Gasteiger charge is 2.13. The molecule has 142 valence electrons. The van der Waals surface area contributed by atoms with E-state index in [-0.39, 0.29) is 23.8 Å². The van der Waals surface area contributed by atoms with Crippen LogP contribution in [0.3, 0.4) is 0 Å². The third-order valence-electron chi connectivity index (χ3n) is 4.11. The molecular formula is C21H28F2N2O. The maximum atomic E-state index is 13.1. The summed E-state index contributed by atoms with van der Waals surface area (Å²) < 4.78 is 31.6. The van der Waals surface area contributed by atoms with Crippen molar-refractivity contribution in [3.8, 4) is 5.75 Å². The smallest absolute Gasteiger partial charge is 0.129 e. The van der Waals surface area contributed by atoms with Gasteiger partial charge in [0.1, 0.15) is 24.0 Å². The molecule has 0 saturated carbocycles. The standard InChI is InChI=1S/C21H28F2N2O/c1-21(2,3)16-6-4-5-15(9-16)13-25-8-7-19(24)14-26-20-11-17(22)10-18(23)12-20/h4-6,9-12,19,25H,7-8,13-14,24H2,1-3H3/t19-/m1/s1. The second-order valence-electron chi connectivity index (χ2n) is 7.59. The van der Waals surface area contributed by atoms with Gasteiger partial charge in [-0.15, -0.1) is 0 Å². The average molecular weight is 362 g/mol. The highest BCUT2D eigenvalue weighted by molar-refractivity contribution is 5.28. The molecule has 3 N–H and O–H groups in total. The lowest BCUT2D eigenvalue weighted by atomic mass is 9.86. The summed E-state index contributed by atoms with van der Waals surface area (Å²) in [7, 11) is 0. The predicted octanol–water partition coefficient (Wildman–Crippen LogP) is 4.15. The lowest BCUT2D eigenvalue weighted by molar-refractivity contribution is 0.278. The van der Waals surface area contributed by atoms with Crippen LogP contribution < -0.4 is 15.8 Å². The SMILES string of the molecule is CC(C)(C)c1cccc(CNCC[C@@H](N)COc2cc(F)cc(F)c2)c1. The largest absolute Gasteiger partial charge is 0.492 e. The minimum atomic E-state index is -0.660. The van der Waals surface area contributed by atoms with Crippen molar-refractivity contribution in [2.45, 2.75) is 45.2 Å². The molecule has 2 rings (SSSR count). The fourth-order valence-corrected chi connectivity index (χ4v) is 2.57. The number of hydrogen-bond acceptors (Lipinski definition) is 3. The molecular weight excluding hydrogens is 334 g/mol. The summed E-state index contributed by atoms with van der Waals surface area (Å²) in [5, 5.41) is 3.37. The van der Waals surface area contributed by atoms with Crippen LogP contribution in [-0.4, -0.2) is 19.2 Å². The molecule has 3 nitrogen and oxygen atoms in total. The van der Waals surface area contributed by atoms with Gasteiger partial charge in [-0.25, -0.2) is 8.78 Å². The summed E-state index contributed by atoms with van der Waals surface area (Å²) in [5.41, 5.74) is 8.68. The molecule has 0 aliphatic carbocycles. The van der Waals surface area contributed by atoms with E-state index in [1.807, 2.05) is 0 Å². The van der Waals surface area contributed by atoms with E-state index in [0.717, 1.165) is 31.3 Å². The van der Waals surface area contributed by atoms with E-state index in [1.165, 1.54) is 11.1 Å². The Balaban J connectivity index is 1.71. The molecule has 0 heterocycles. The first kappa shape index (κ1) is 20.3. The Labute approximate surface area is 154 Å². The van der Waals surface area contributed by atoms with Gasteiger partial charge in [0.25, 0.3) is 0 Å². The Morgan fingerprint density at radius 3 is 2.42 bits per heavy atom. The zero-order valence-electron chi connectivity index (χ0n) is 15.7. The fourth-order valence-electron chi connectivity index (χ4n) is 2.57. The summed E-state index contributed by atoms with van der Waals surface area (Å²) in [6.45, 7) is 8.31. The van der Waals surface area contributed by atoms with Crippen molar-refractivity contribution in [1.29, 1.82) is 0 Å². The molecule has 0 fully saturated rings. The Hall–Kier alpha value is -1.98. The quantitative estimate of drug-likeness (QED) is 0.694. The zero-order chi connectivity index (χ0) is 19.2. The van der Waals surface area contributed by atoms with Crippen LogP contribution in [0.25, 0.3) is 0 Å². The van der Waals surface area contributed by atoms with Crippen LogP contribution in [0.15, 0.2) is 42.5 Å². The Kier molecular flexibility index (Phi) is 7.12. The summed E-state index contributed by atoms with van der Waals surface area (Å²) in [5.74, 6) is -1.16. The lowest BCUT2D eigenvalue weighted by Crippen LogP contribution is -2.31. The summed E-state index contributed by atoms with van der Waals surface area (Å²) in [6, 6.07) is 11.4. The van der Waals surface area contributed by atoms with Gasteiger partial charge in [0, 0.05) is 30.8 Å². The molecule has 0 amide bonds. The van der Waals surface area contributed by atoms with Gasteiger partial charge in [0.15, 0.2) is 0 Å². The zero-order valence-corrected chi connectivity index (χ0v) is 15.7. The normalized spacial score (nSPS) is 12.8. The highest BCUT2D eigenvalue weighted by Crippen LogP contribution is 2.22. The molecule has 2 aromatic rings. The molecule has 0 aromatic heterocycles. The van der Waals surface area contributed by atoms with E-state index in [1.54, 1.807) is 0 Å². The van der Waals surface area contributed by atoms with Crippen LogP contribution >= 0.6 is 0 Å². The minimum absolute atomic E-state index is 0.131. The van der Waals surface area contributed by atoms with Gasteiger partial charge in [-0.05, 0) is 29.5 Å². The topological polar surface area (TPSA) is 47.3 Å². The number of nitrogens with one attached hydrogen (secondary N) is 1. The van der Waals surface area contributed by atoms with E-state index in [4.69, 9.17) is 10.5 Å². The summed E-state index contributed by atoms with van der Waals surface area (Å²) >= 11 is 0. The Morgan fingerprint density at radius 1 is 1.08 bits per heavy atom. The van der Waals surface area contributed by atoms with Crippen molar-refractivity contribution < 1.29 is 13.5 Å². The molecule has 0 spiro atoms. The fraction of sp³-hybridized carbons (Fsp3) is 0.429. The van der Waals surface area contributed by atoms with Crippen molar-refractivity contribution in [1.82, 2.24) is 5.32 Å². The highest BCUT2D eigenvalue weighted by atomic mass is 19.1. The molecule has 0 radical (unpaired) electrons. The van der Waals surface area contributed by atoms with Gasteiger partial charge in [0.2, 0.25) is 0 Å². The van der Waals surface area contributed by atoms with Crippen LogP contribution in [0.5, 0.6) is 5.75 Å². The third kappa shape index (κ3) is 6.73. The monoisotopic (exact) mass is 362 g/mol. The van der Waals surface area contributed by atoms with E-state index in [2.05, 4.69) is 50.4 Å². The second-order valence-corrected chi connectivity index (χ2v) is 7.59. The van der Waals surface area contributed by atoms with E-state index in [0.29, 0.717) is 6.42 Å². The van der Waals surface area contributed by atoms with Gasteiger partial charge in [0.05, 0.1) is 0 Å². The molecule has 1 atom stereocenters. The van der Waals surface area contributed by atoms with Crippen molar-refractivity contribution in [2.24, 2.45) is 5.73 Å². The molecule has 26 heavy (non-hydrogen) atoms. The van der Waals surface area contributed by atoms with Crippen LogP contribution in [0, 0.1) is 11.6 Å². The maximum absolute atomic E-state index is 13.1.